The van der Waals surface area contributed by atoms with Crippen molar-refractivity contribution in [3.63, 3.8) is 0 Å². The van der Waals surface area contributed by atoms with E-state index in [0.717, 1.165) is 18.5 Å². The Kier molecular flexibility index (Phi) is 4.67. The molecule has 3 heteroatoms. The van der Waals surface area contributed by atoms with Crippen LogP contribution in [0.25, 0.3) is 0 Å². The molecule has 0 aliphatic heterocycles. The zero-order valence-electron chi connectivity index (χ0n) is 12.6. The van der Waals surface area contributed by atoms with E-state index < -0.39 is 0 Å². The second-order valence-electron chi connectivity index (χ2n) is 6.19. The lowest BCUT2D eigenvalue weighted by molar-refractivity contribution is 0.0249. The fourth-order valence-electron chi connectivity index (χ4n) is 3.33. The van der Waals surface area contributed by atoms with Gasteiger partial charge in [-0.3, -0.25) is 4.68 Å². The van der Waals surface area contributed by atoms with Gasteiger partial charge in [-0.15, -0.1) is 0 Å². The highest BCUT2D eigenvalue weighted by atomic mass is 16.3. The van der Waals surface area contributed by atoms with E-state index in [1.54, 1.807) is 0 Å². The van der Waals surface area contributed by atoms with Crippen LogP contribution in [0.3, 0.4) is 0 Å². The highest BCUT2D eigenvalue weighted by molar-refractivity contribution is 5.04. The minimum atomic E-state index is -0.236. The molecule has 1 saturated carbocycles. The van der Waals surface area contributed by atoms with Gasteiger partial charge in [0.2, 0.25) is 0 Å². The van der Waals surface area contributed by atoms with Gasteiger partial charge in [-0.2, -0.15) is 5.10 Å². The molecule has 1 aromatic heterocycles. The van der Waals surface area contributed by atoms with E-state index in [2.05, 4.69) is 31.9 Å². The van der Waals surface area contributed by atoms with Gasteiger partial charge in [0.1, 0.15) is 0 Å². The molecule has 0 saturated heterocycles. The van der Waals surface area contributed by atoms with Gasteiger partial charge in [-0.1, -0.05) is 26.7 Å². The number of nitrogens with zero attached hydrogens (tertiary/aromatic N) is 2. The quantitative estimate of drug-likeness (QED) is 0.850. The number of aliphatic hydroxyl groups is 1. The van der Waals surface area contributed by atoms with Crippen LogP contribution >= 0.6 is 0 Å². The molecular formula is C16H28N2O. The van der Waals surface area contributed by atoms with Gasteiger partial charge in [-0.25, -0.2) is 0 Å². The van der Waals surface area contributed by atoms with Crippen molar-refractivity contribution in [2.24, 2.45) is 5.41 Å². The van der Waals surface area contributed by atoms with Crippen LogP contribution in [0.5, 0.6) is 0 Å². The summed E-state index contributed by atoms with van der Waals surface area (Å²) >= 11 is 0. The number of hydrogen-bond acceptors (Lipinski definition) is 2. The zero-order valence-corrected chi connectivity index (χ0v) is 12.6. The fourth-order valence-corrected chi connectivity index (χ4v) is 3.33. The van der Waals surface area contributed by atoms with E-state index >= 15 is 0 Å². The van der Waals surface area contributed by atoms with Crippen molar-refractivity contribution in [3.8, 4) is 0 Å². The molecule has 0 bridgehead atoms. The molecule has 0 aromatic carbocycles. The summed E-state index contributed by atoms with van der Waals surface area (Å²) in [6.07, 6.45) is 9.58. The third kappa shape index (κ3) is 3.02. The van der Waals surface area contributed by atoms with Crippen molar-refractivity contribution in [1.29, 1.82) is 0 Å². The van der Waals surface area contributed by atoms with Crippen LogP contribution in [0.15, 0.2) is 12.3 Å². The van der Waals surface area contributed by atoms with Crippen molar-refractivity contribution in [1.82, 2.24) is 9.78 Å². The first-order chi connectivity index (χ1) is 9.11. The van der Waals surface area contributed by atoms with Gasteiger partial charge in [-0.05, 0) is 44.1 Å². The van der Waals surface area contributed by atoms with Gasteiger partial charge in [0.15, 0.2) is 0 Å². The highest BCUT2D eigenvalue weighted by Gasteiger charge is 2.38. The Labute approximate surface area is 117 Å². The van der Waals surface area contributed by atoms with Crippen molar-refractivity contribution >= 4 is 0 Å². The summed E-state index contributed by atoms with van der Waals surface area (Å²) in [4.78, 5) is 0. The van der Waals surface area contributed by atoms with E-state index in [4.69, 9.17) is 0 Å². The van der Waals surface area contributed by atoms with Crippen LogP contribution in [-0.4, -0.2) is 21.0 Å². The van der Waals surface area contributed by atoms with E-state index in [0.29, 0.717) is 12.5 Å². The maximum Gasteiger partial charge on any atom is 0.0652 e. The van der Waals surface area contributed by atoms with E-state index in [9.17, 15) is 5.11 Å². The van der Waals surface area contributed by atoms with Crippen molar-refractivity contribution < 1.29 is 5.11 Å². The first-order valence-corrected chi connectivity index (χ1v) is 7.83. The van der Waals surface area contributed by atoms with Gasteiger partial charge in [0.05, 0.1) is 11.8 Å². The van der Waals surface area contributed by atoms with Crippen molar-refractivity contribution in [3.05, 3.63) is 18.0 Å². The van der Waals surface area contributed by atoms with Crippen LogP contribution in [-0.2, 0) is 6.42 Å². The van der Waals surface area contributed by atoms with Crippen molar-refractivity contribution in [2.75, 3.05) is 0 Å². The number of aromatic nitrogens is 2. The summed E-state index contributed by atoms with van der Waals surface area (Å²) in [5, 5.41) is 15.2. The van der Waals surface area contributed by atoms with Crippen LogP contribution in [0, 0.1) is 5.41 Å². The smallest absolute Gasteiger partial charge is 0.0652 e. The second kappa shape index (κ2) is 6.08. The molecule has 0 amide bonds. The lowest BCUT2D eigenvalue weighted by Crippen LogP contribution is -2.33. The van der Waals surface area contributed by atoms with Crippen LogP contribution in [0.4, 0.5) is 0 Å². The summed E-state index contributed by atoms with van der Waals surface area (Å²) in [5.41, 5.74) is 1.19. The lowest BCUT2D eigenvalue weighted by atomic mass is 9.76. The monoisotopic (exact) mass is 264 g/mol. The molecule has 1 fully saturated rings. The highest BCUT2D eigenvalue weighted by Crippen LogP contribution is 2.44. The minimum absolute atomic E-state index is 0.153. The maximum atomic E-state index is 10.6. The number of hydrogen-bond donors (Lipinski definition) is 1. The van der Waals surface area contributed by atoms with E-state index in [-0.39, 0.29) is 11.5 Å². The average Bonchev–Trinajstić information content (AvgIpc) is 3.07. The molecule has 1 aliphatic rings. The molecule has 1 aromatic rings. The summed E-state index contributed by atoms with van der Waals surface area (Å²) in [6.45, 7) is 6.56. The predicted octanol–water partition coefficient (Wildman–Crippen LogP) is 3.73. The Morgan fingerprint density at radius 2 is 2.05 bits per heavy atom. The average molecular weight is 264 g/mol. The molecule has 3 nitrogen and oxygen atoms in total. The maximum absolute atomic E-state index is 10.6. The Morgan fingerprint density at radius 3 is 2.63 bits per heavy atom. The normalized spacial score (nSPS) is 21.5. The number of aliphatic hydroxyl groups excluding tert-OH is 1. The second-order valence-corrected chi connectivity index (χ2v) is 6.19. The molecule has 1 heterocycles. The summed E-state index contributed by atoms with van der Waals surface area (Å²) in [5.74, 6) is 0. The van der Waals surface area contributed by atoms with Gasteiger partial charge in [0.25, 0.3) is 0 Å². The standard InChI is InChI=1S/C16H28N2O/c1-4-13(3)18-11-8-14(17-18)12-15(19)16(5-2)9-6-7-10-16/h8,11,13,15,19H,4-7,9-10,12H2,1-3H3. The minimum Gasteiger partial charge on any atom is -0.392 e. The van der Waals surface area contributed by atoms with Crippen LogP contribution < -0.4 is 0 Å². The van der Waals surface area contributed by atoms with Crippen molar-refractivity contribution in [2.45, 2.75) is 77.9 Å². The van der Waals surface area contributed by atoms with Crippen LogP contribution in [0.1, 0.15) is 71.0 Å². The first kappa shape index (κ1) is 14.6. The fraction of sp³-hybridized carbons (Fsp3) is 0.812. The Morgan fingerprint density at radius 1 is 1.37 bits per heavy atom. The molecule has 108 valence electrons. The first-order valence-electron chi connectivity index (χ1n) is 7.83. The van der Waals surface area contributed by atoms with Gasteiger partial charge < -0.3 is 5.11 Å². The summed E-state index contributed by atoms with van der Waals surface area (Å²) in [6, 6.07) is 2.51. The molecule has 2 rings (SSSR count). The molecule has 1 N–H and O–H groups in total. The topological polar surface area (TPSA) is 38.0 Å². The zero-order chi connectivity index (χ0) is 13.9. The largest absolute Gasteiger partial charge is 0.392 e. The van der Waals surface area contributed by atoms with E-state index in [1.807, 2.05) is 10.9 Å². The lowest BCUT2D eigenvalue weighted by Gasteiger charge is -2.33. The summed E-state index contributed by atoms with van der Waals surface area (Å²) < 4.78 is 2.02. The van der Waals surface area contributed by atoms with Crippen LogP contribution in [0.2, 0.25) is 0 Å². The molecule has 2 unspecified atom stereocenters. The van der Waals surface area contributed by atoms with E-state index in [1.165, 1.54) is 25.7 Å². The molecule has 0 radical (unpaired) electrons. The Bertz CT molecular complexity index is 393. The third-order valence-corrected chi connectivity index (χ3v) is 5.12. The molecule has 1 aliphatic carbocycles. The molecular weight excluding hydrogens is 236 g/mol. The Hall–Kier alpha value is -0.830. The third-order valence-electron chi connectivity index (χ3n) is 5.12. The molecule has 19 heavy (non-hydrogen) atoms. The molecule has 2 atom stereocenters. The molecule has 0 spiro atoms. The predicted molar refractivity (Wildman–Crippen MR) is 78.1 cm³/mol. The Balaban J connectivity index is 2.02. The van der Waals surface area contributed by atoms with Gasteiger partial charge >= 0.3 is 0 Å². The number of rotatable bonds is 6. The SMILES string of the molecule is CCC(C)n1ccc(CC(O)C2(CC)CCCC2)n1. The summed E-state index contributed by atoms with van der Waals surface area (Å²) in [7, 11) is 0. The van der Waals surface area contributed by atoms with Gasteiger partial charge in [0, 0.05) is 18.7 Å².